The van der Waals surface area contributed by atoms with E-state index < -0.39 is 0 Å². The number of nitrogens with zero attached hydrogens (tertiary/aromatic N) is 4. The van der Waals surface area contributed by atoms with Crippen molar-refractivity contribution in [3.8, 4) is 0 Å². The van der Waals surface area contributed by atoms with Crippen LogP contribution in [0.3, 0.4) is 0 Å². The van der Waals surface area contributed by atoms with Gasteiger partial charge in [-0.2, -0.15) is 9.61 Å². The second-order valence-corrected chi connectivity index (χ2v) is 5.49. The number of rotatable bonds is 5. The van der Waals surface area contributed by atoms with E-state index in [0.717, 1.165) is 35.0 Å². The van der Waals surface area contributed by atoms with Crippen LogP contribution in [0.25, 0.3) is 5.65 Å². The molecule has 0 aromatic carbocycles. The number of aryl methyl sites for hydroxylation is 1. The first kappa shape index (κ1) is 13.1. The van der Waals surface area contributed by atoms with Crippen LogP contribution in [0.5, 0.6) is 0 Å². The smallest absolute Gasteiger partial charge is 0.157 e. The minimum absolute atomic E-state index is 0.203. The Bertz CT molecular complexity index is 689. The number of aromatic nitrogens is 4. The van der Waals surface area contributed by atoms with Gasteiger partial charge in [0.2, 0.25) is 0 Å². The molecule has 1 unspecified atom stereocenters. The van der Waals surface area contributed by atoms with Crippen LogP contribution in [0.2, 0.25) is 0 Å². The summed E-state index contributed by atoms with van der Waals surface area (Å²) in [6.45, 7) is 4.26. The Morgan fingerprint density at radius 2 is 2.25 bits per heavy atom. The lowest BCUT2D eigenvalue weighted by molar-refractivity contribution is 0.727. The van der Waals surface area contributed by atoms with Crippen LogP contribution >= 0.6 is 11.3 Å². The summed E-state index contributed by atoms with van der Waals surface area (Å²) in [4.78, 5) is 8.96. The van der Waals surface area contributed by atoms with Crippen molar-refractivity contribution in [1.29, 1.82) is 0 Å². The van der Waals surface area contributed by atoms with Gasteiger partial charge in [0, 0.05) is 29.4 Å². The lowest BCUT2D eigenvalue weighted by Crippen LogP contribution is -2.13. The summed E-state index contributed by atoms with van der Waals surface area (Å²) in [5, 5.41) is 11.0. The standard InChI is InChI=1S/C14H17N5S/c1-3-10-9-13(19-12(17-10)5-6-16-19)18-11(4-2)14-15-7-8-20-14/h5-9,11,18H,3-4H2,1-2H3. The van der Waals surface area contributed by atoms with E-state index in [1.54, 1.807) is 17.5 Å². The Balaban J connectivity index is 1.98. The molecular formula is C14H17N5S. The molecule has 0 saturated carbocycles. The molecular weight excluding hydrogens is 270 g/mol. The summed E-state index contributed by atoms with van der Waals surface area (Å²) in [6.07, 6.45) is 5.50. The van der Waals surface area contributed by atoms with Gasteiger partial charge in [-0.15, -0.1) is 11.3 Å². The average Bonchev–Trinajstić information content (AvgIpc) is 3.14. The van der Waals surface area contributed by atoms with Crippen molar-refractivity contribution in [3.63, 3.8) is 0 Å². The summed E-state index contributed by atoms with van der Waals surface area (Å²) >= 11 is 1.67. The number of thiazole rings is 1. The maximum absolute atomic E-state index is 4.56. The van der Waals surface area contributed by atoms with E-state index in [4.69, 9.17) is 0 Å². The number of hydrogen-bond acceptors (Lipinski definition) is 5. The van der Waals surface area contributed by atoms with E-state index in [0.29, 0.717) is 0 Å². The van der Waals surface area contributed by atoms with Crippen LogP contribution in [0.1, 0.15) is 37.0 Å². The Morgan fingerprint density at radius 3 is 2.95 bits per heavy atom. The number of fused-ring (bicyclic) bond motifs is 1. The van der Waals surface area contributed by atoms with Crippen LogP contribution in [-0.2, 0) is 6.42 Å². The molecule has 5 nitrogen and oxygen atoms in total. The van der Waals surface area contributed by atoms with Crippen molar-refractivity contribution in [2.75, 3.05) is 5.32 Å². The Kier molecular flexibility index (Phi) is 3.64. The number of nitrogens with one attached hydrogen (secondary N) is 1. The fraction of sp³-hybridized carbons (Fsp3) is 0.357. The molecule has 104 valence electrons. The predicted molar refractivity (Wildman–Crippen MR) is 81.1 cm³/mol. The predicted octanol–water partition coefficient (Wildman–Crippen LogP) is 3.31. The van der Waals surface area contributed by atoms with E-state index in [1.165, 1.54) is 0 Å². The fourth-order valence-electron chi connectivity index (χ4n) is 2.17. The molecule has 0 radical (unpaired) electrons. The third-order valence-electron chi connectivity index (χ3n) is 3.25. The van der Waals surface area contributed by atoms with Crippen molar-refractivity contribution < 1.29 is 0 Å². The summed E-state index contributed by atoms with van der Waals surface area (Å²) in [5.41, 5.74) is 1.94. The zero-order valence-corrected chi connectivity index (χ0v) is 12.4. The fourth-order valence-corrected chi connectivity index (χ4v) is 2.95. The van der Waals surface area contributed by atoms with Gasteiger partial charge in [0.1, 0.15) is 10.8 Å². The molecule has 1 N–H and O–H groups in total. The zero-order valence-electron chi connectivity index (χ0n) is 11.6. The van der Waals surface area contributed by atoms with Gasteiger partial charge in [-0.25, -0.2) is 9.97 Å². The molecule has 0 spiro atoms. The lowest BCUT2D eigenvalue weighted by Gasteiger charge is -2.17. The summed E-state index contributed by atoms with van der Waals surface area (Å²) in [7, 11) is 0. The Morgan fingerprint density at radius 1 is 1.35 bits per heavy atom. The lowest BCUT2D eigenvalue weighted by atomic mass is 10.2. The Labute approximate surface area is 121 Å². The second kappa shape index (κ2) is 5.58. The summed E-state index contributed by atoms with van der Waals surface area (Å²) < 4.78 is 1.84. The molecule has 0 fully saturated rings. The molecule has 20 heavy (non-hydrogen) atoms. The highest BCUT2D eigenvalue weighted by Gasteiger charge is 2.14. The highest BCUT2D eigenvalue weighted by molar-refractivity contribution is 7.09. The van der Waals surface area contributed by atoms with Crippen molar-refractivity contribution in [1.82, 2.24) is 19.6 Å². The molecule has 3 heterocycles. The normalized spacial score (nSPS) is 12.7. The van der Waals surface area contributed by atoms with Gasteiger partial charge >= 0.3 is 0 Å². The molecule has 0 aliphatic heterocycles. The quantitative estimate of drug-likeness (QED) is 0.782. The van der Waals surface area contributed by atoms with Crippen LogP contribution in [-0.4, -0.2) is 19.6 Å². The van der Waals surface area contributed by atoms with E-state index >= 15 is 0 Å². The molecule has 3 aromatic heterocycles. The van der Waals surface area contributed by atoms with Crippen LogP contribution < -0.4 is 5.32 Å². The maximum Gasteiger partial charge on any atom is 0.157 e. The zero-order chi connectivity index (χ0) is 13.9. The van der Waals surface area contributed by atoms with E-state index in [2.05, 4.69) is 40.3 Å². The van der Waals surface area contributed by atoms with E-state index in [1.807, 2.05) is 22.2 Å². The monoisotopic (exact) mass is 287 g/mol. The minimum atomic E-state index is 0.203. The molecule has 0 amide bonds. The van der Waals surface area contributed by atoms with E-state index in [-0.39, 0.29) is 6.04 Å². The molecule has 0 aliphatic rings. The first-order valence-electron chi connectivity index (χ1n) is 6.81. The maximum atomic E-state index is 4.56. The topological polar surface area (TPSA) is 55.1 Å². The molecule has 0 saturated heterocycles. The summed E-state index contributed by atoms with van der Waals surface area (Å²) in [5.74, 6) is 0.971. The third kappa shape index (κ3) is 2.38. The largest absolute Gasteiger partial charge is 0.361 e. The van der Waals surface area contributed by atoms with Gasteiger partial charge in [-0.3, -0.25) is 0 Å². The van der Waals surface area contributed by atoms with Crippen LogP contribution in [0.4, 0.5) is 5.82 Å². The van der Waals surface area contributed by atoms with Gasteiger partial charge < -0.3 is 5.32 Å². The van der Waals surface area contributed by atoms with Gasteiger partial charge in [-0.05, 0) is 12.8 Å². The number of hydrogen-bond donors (Lipinski definition) is 1. The molecule has 3 rings (SSSR count). The van der Waals surface area contributed by atoms with E-state index in [9.17, 15) is 0 Å². The molecule has 1 atom stereocenters. The molecule has 0 bridgehead atoms. The molecule has 0 aliphatic carbocycles. The average molecular weight is 287 g/mol. The number of anilines is 1. The molecule has 3 aromatic rings. The summed E-state index contributed by atoms with van der Waals surface area (Å²) in [6, 6.07) is 4.19. The van der Waals surface area contributed by atoms with Crippen molar-refractivity contribution in [2.24, 2.45) is 0 Å². The first-order chi connectivity index (χ1) is 9.81. The highest BCUT2D eigenvalue weighted by Crippen LogP contribution is 2.24. The van der Waals surface area contributed by atoms with Gasteiger partial charge in [0.15, 0.2) is 5.65 Å². The third-order valence-corrected chi connectivity index (χ3v) is 4.14. The van der Waals surface area contributed by atoms with Crippen LogP contribution in [0, 0.1) is 0 Å². The minimum Gasteiger partial charge on any atom is -0.361 e. The van der Waals surface area contributed by atoms with Crippen molar-refractivity contribution >= 4 is 22.8 Å². The highest BCUT2D eigenvalue weighted by atomic mass is 32.1. The van der Waals surface area contributed by atoms with Crippen molar-refractivity contribution in [2.45, 2.75) is 32.7 Å². The second-order valence-electron chi connectivity index (χ2n) is 4.56. The van der Waals surface area contributed by atoms with Gasteiger partial charge in [0.25, 0.3) is 0 Å². The van der Waals surface area contributed by atoms with Gasteiger partial charge in [-0.1, -0.05) is 13.8 Å². The van der Waals surface area contributed by atoms with Gasteiger partial charge in [0.05, 0.1) is 12.2 Å². The SMILES string of the molecule is CCc1cc(NC(CC)c2nccs2)n2nccc2n1. The Hall–Kier alpha value is -1.95. The molecule has 6 heteroatoms. The van der Waals surface area contributed by atoms with Crippen molar-refractivity contribution in [3.05, 3.63) is 40.6 Å². The first-order valence-corrected chi connectivity index (χ1v) is 7.69. The van der Waals surface area contributed by atoms with Crippen LogP contribution in [0.15, 0.2) is 29.9 Å².